The van der Waals surface area contributed by atoms with Gasteiger partial charge in [0.1, 0.15) is 17.5 Å². The molecule has 0 heterocycles. The molecule has 0 aromatic heterocycles. The molecule has 7 aromatic rings. The van der Waals surface area contributed by atoms with E-state index in [4.69, 9.17) is 0 Å². The first-order valence-corrected chi connectivity index (χ1v) is 17.2. The third kappa shape index (κ3) is 5.60. The maximum atomic E-state index is 14.4. The van der Waals surface area contributed by atoms with Crippen molar-refractivity contribution in [2.24, 2.45) is 0 Å². The molecule has 0 aliphatic carbocycles. The molecule has 0 amide bonds. The van der Waals surface area contributed by atoms with E-state index in [1.165, 1.54) is 36.4 Å². The molecule has 0 atom stereocenters. The van der Waals surface area contributed by atoms with Gasteiger partial charge in [-0.2, -0.15) is 0 Å². The summed E-state index contributed by atoms with van der Waals surface area (Å²) in [5.41, 5.74) is 6.07. The third-order valence-corrected chi connectivity index (χ3v) is 13.5. The Hall–Kier alpha value is -5.45. The van der Waals surface area contributed by atoms with E-state index in [0.29, 0.717) is 0 Å². The minimum Gasteiger partial charge on any atom is -0.207 e. The second kappa shape index (κ2) is 12.5. The van der Waals surface area contributed by atoms with E-state index in [-0.39, 0.29) is 17.5 Å². The quantitative estimate of drug-likeness (QED) is 0.124. The van der Waals surface area contributed by atoms with E-state index in [2.05, 4.69) is 84.9 Å². The molecular weight excluding hydrogens is 590 g/mol. The first-order chi connectivity index (χ1) is 22.5. The first kappa shape index (κ1) is 29.3. The smallest absolute Gasteiger partial charge is 0.179 e. The Kier molecular flexibility index (Phi) is 7.96. The molecule has 0 N–H and O–H groups in total. The Labute approximate surface area is 268 Å². The lowest BCUT2D eigenvalue weighted by atomic mass is 10.1. The van der Waals surface area contributed by atoms with Gasteiger partial charge in [-0.05, 0) is 90.5 Å². The van der Waals surface area contributed by atoms with Crippen molar-refractivity contribution in [3.63, 3.8) is 0 Å². The number of hydrogen-bond acceptors (Lipinski definition) is 0. The molecule has 0 radical (unpaired) electrons. The van der Waals surface area contributed by atoms with Gasteiger partial charge in [-0.1, -0.05) is 140 Å². The van der Waals surface area contributed by atoms with Gasteiger partial charge in [-0.15, -0.1) is 0 Å². The SMILES string of the molecule is Fc1ccc(-c2ccc([Si](c3ccc(F)cc3)(c3ccc(-c4ccccc4)cc3)c3ccc(-c4ccc(F)cc4)cc3)cc2)cc1. The molecule has 4 heteroatoms. The lowest BCUT2D eigenvalue weighted by Crippen LogP contribution is -2.74. The second-order valence-corrected chi connectivity index (χ2v) is 15.2. The Morgan fingerprint density at radius 3 is 0.761 bits per heavy atom. The van der Waals surface area contributed by atoms with Crippen molar-refractivity contribution in [2.75, 3.05) is 0 Å². The van der Waals surface area contributed by atoms with E-state index in [1.54, 1.807) is 24.3 Å². The van der Waals surface area contributed by atoms with Crippen LogP contribution in [0.2, 0.25) is 0 Å². The molecule has 0 bridgehead atoms. The van der Waals surface area contributed by atoms with Crippen molar-refractivity contribution in [3.8, 4) is 33.4 Å². The van der Waals surface area contributed by atoms with Crippen LogP contribution in [0.15, 0.2) is 176 Å². The van der Waals surface area contributed by atoms with E-state index in [0.717, 1.165) is 54.1 Å². The van der Waals surface area contributed by atoms with Crippen LogP contribution >= 0.6 is 0 Å². The van der Waals surface area contributed by atoms with Crippen LogP contribution in [-0.4, -0.2) is 8.07 Å². The lowest BCUT2D eigenvalue weighted by Gasteiger charge is -2.35. The van der Waals surface area contributed by atoms with Gasteiger partial charge < -0.3 is 0 Å². The van der Waals surface area contributed by atoms with Gasteiger partial charge in [0.15, 0.2) is 8.07 Å². The zero-order chi connectivity index (χ0) is 31.5. The zero-order valence-corrected chi connectivity index (χ0v) is 25.9. The lowest BCUT2D eigenvalue weighted by molar-refractivity contribution is 0.627. The van der Waals surface area contributed by atoms with Gasteiger partial charge >= 0.3 is 0 Å². The number of benzene rings is 7. The zero-order valence-electron chi connectivity index (χ0n) is 24.9. The minimum absolute atomic E-state index is 0.272. The van der Waals surface area contributed by atoms with Gasteiger partial charge in [-0.3, -0.25) is 0 Å². The molecule has 0 saturated carbocycles. The summed E-state index contributed by atoms with van der Waals surface area (Å²) in [5.74, 6) is -0.832. The van der Waals surface area contributed by atoms with Crippen LogP contribution in [0.4, 0.5) is 13.2 Å². The van der Waals surface area contributed by atoms with Crippen LogP contribution < -0.4 is 20.7 Å². The van der Waals surface area contributed by atoms with Crippen molar-refractivity contribution in [2.45, 2.75) is 0 Å². The van der Waals surface area contributed by atoms with E-state index >= 15 is 0 Å². The maximum absolute atomic E-state index is 14.4. The molecule has 0 unspecified atom stereocenters. The fourth-order valence-corrected chi connectivity index (χ4v) is 11.0. The topological polar surface area (TPSA) is 0 Å². The number of halogens is 3. The Bertz CT molecular complexity index is 1960. The highest BCUT2D eigenvalue weighted by atomic mass is 28.3. The standard InChI is InChI=1S/C42H29F3Si/c43-36-16-6-31(7-17-36)34-12-24-40(25-13-34)46(42-28-20-38(45)21-29-42,39-22-10-33(11-23-39)30-4-2-1-3-5-30)41-26-14-35(15-27-41)32-8-18-37(44)19-9-32/h1-29H. The van der Waals surface area contributed by atoms with Crippen molar-refractivity contribution < 1.29 is 13.2 Å². The molecule has 0 spiro atoms. The van der Waals surface area contributed by atoms with Gasteiger partial charge in [0, 0.05) is 0 Å². The summed E-state index contributed by atoms with van der Waals surface area (Å²) in [5, 5.41) is 4.47. The normalized spacial score (nSPS) is 11.4. The van der Waals surface area contributed by atoms with E-state index in [9.17, 15) is 13.2 Å². The number of hydrogen-bond donors (Lipinski definition) is 0. The van der Waals surface area contributed by atoms with Gasteiger partial charge in [0.2, 0.25) is 0 Å². The highest BCUT2D eigenvalue weighted by Gasteiger charge is 2.41. The summed E-state index contributed by atoms with van der Waals surface area (Å²) < 4.78 is 41.8. The Morgan fingerprint density at radius 1 is 0.239 bits per heavy atom. The van der Waals surface area contributed by atoms with Gasteiger partial charge in [0.05, 0.1) is 0 Å². The number of rotatable bonds is 7. The van der Waals surface area contributed by atoms with Crippen molar-refractivity contribution in [1.29, 1.82) is 0 Å². The monoisotopic (exact) mass is 618 g/mol. The van der Waals surface area contributed by atoms with Crippen LogP contribution in [0.5, 0.6) is 0 Å². The third-order valence-electron chi connectivity index (χ3n) is 8.69. The van der Waals surface area contributed by atoms with Gasteiger partial charge in [0.25, 0.3) is 0 Å². The minimum atomic E-state index is -3.00. The average molecular weight is 619 g/mol. The summed E-state index contributed by atoms with van der Waals surface area (Å²) in [4.78, 5) is 0. The summed E-state index contributed by atoms with van der Waals surface area (Å²) in [6, 6.07) is 55.9. The predicted molar refractivity (Wildman–Crippen MR) is 186 cm³/mol. The molecule has 0 aliphatic heterocycles. The molecule has 0 aliphatic rings. The largest absolute Gasteiger partial charge is 0.207 e. The molecule has 46 heavy (non-hydrogen) atoms. The Morgan fingerprint density at radius 2 is 0.457 bits per heavy atom. The second-order valence-electron chi connectivity index (χ2n) is 11.4. The van der Waals surface area contributed by atoms with Crippen LogP contribution in [-0.2, 0) is 0 Å². The molecule has 222 valence electrons. The molecule has 0 nitrogen and oxygen atoms in total. The highest BCUT2D eigenvalue weighted by Crippen LogP contribution is 2.23. The molecular formula is C42H29F3Si. The predicted octanol–water partition coefficient (Wildman–Crippen LogP) is 8.48. The molecule has 0 fully saturated rings. The van der Waals surface area contributed by atoms with Crippen molar-refractivity contribution in [3.05, 3.63) is 193 Å². The molecule has 0 saturated heterocycles. The van der Waals surface area contributed by atoms with Crippen LogP contribution in [0, 0.1) is 17.5 Å². The summed E-state index contributed by atoms with van der Waals surface area (Å²) >= 11 is 0. The van der Waals surface area contributed by atoms with Crippen LogP contribution in [0.25, 0.3) is 33.4 Å². The molecule has 7 rings (SSSR count). The molecule has 7 aromatic carbocycles. The maximum Gasteiger partial charge on any atom is 0.179 e. The Balaban J connectivity index is 1.44. The fourth-order valence-electron chi connectivity index (χ4n) is 6.35. The first-order valence-electron chi connectivity index (χ1n) is 15.2. The van der Waals surface area contributed by atoms with Crippen molar-refractivity contribution >= 4 is 28.8 Å². The summed E-state index contributed by atoms with van der Waals surface area (Å²) in [6.45, 7) is 0. The van der Waals surface area contributed by atoms with Crippen molar-refractivity contribution in [1.82, 2.24) is 0 Å². The van der Waals surface area contributed by atoms with Crippen LogP contribution in [0.1, 0.15) is 0 Å². The summed E-state index contributed by atoms with van der Waals surface area (Å²) in [6.07, 6.45) is 0. The summed E-state index contributed by atoms with van der Waals surface area (Å²) in [7, 11) is -3.00. The fraction of sp³-hybridized carbons (Fsp3) is 0. The van der Waals surface area contributed by atoms with E-state index < -0.39 is 8.07 Å². The van der Waals surface area contributed by atoms with Crippen LogP contribution in [0.3, 0.4) is 0 Å². The van der Waals surface area contributed by atoms with E-state index in [1.807, 2.05) is 30.3 Å². The highest BCUT2D eigenvalue weighted by molar-refractivity contribution is 7.19. The van der Waals surface area contributed by atoms with Gasteiger partial charge in [-0.25, -0.2) is 13.2 Å². The average Bonchev–Trinajstić information content (AvgIpc) is 3.11.